The number of allylic oxidation sites excluding steroid dienone is 3. The quantitative estimate of drug-likeness (QED) is 0.225. The number of benzene rings is 3. The molecule has 1 aliphatic heterocycles. The van der Waals surface area contributed by atoms with Gasteiger partial charge in [-0.3, -0.25) is 0 Å². The number of nitriles is 1. The molecule has 0 N–H and O–H groups in total. The SMILES string of the molecule is [C-]#[N+]/C(C#N)=C1C=C(/C=C/c2ccc3c(c2)c(C)c(C)n3-c2ccccc2)OC(c2ccccc2)C\1. The number of fused-ring (bicyclic) bond motifs is 1. The zero-order valence-corrected chi connectivity index (χ0v) is 20.3. The molecule has 36 heavy (non-hydrogen) atoms. The molecule has 1 aromatic heterocycles. The van der Waals surface area contributed by atoms with Gasteiger partial charge in [-0.1, -0.05) is 60.7 Å². The van der Waals surface area contributed by atoms with E-state index in [2.05, 4.69) is 65.7 Å². The van der Waals surface area contributed by atoms with Crippen molar-refractivity contribution in [3.63, 3.8) is 0 Å². The summed E-state index contributed by atoms with van der Waals surface area (Å²) in [5, 5.41) is 10.7. The molecule has 0 saturated heterocycles. The Morgan fingerprint density at radius 1 is 1.03 bits per heavy atom. The molecule has 4 aromatic rings. The molecule has 0 radical (unpaired) electrons. The second-order valence-corrected chi connectivity index (χ2v) is 8.86. The van der Waals surface area contributed by atoms with Crippen molar-refractivity contribution < 1.29 is 4.74 Å². The topological polar surface area (TPSA) is 42.3 Å². The summed E-state index contributed by atoms with van der Waals surface area (Å²) in [7, 11) is 0. The van der Waals surface area contributed by atoms with Gasteiger partial charge < -0.3 is 9.30 Å². The Bertz CT molecular complexity index is 1590. The highest BCUT2D eigenvalue weighted by Crippen LogP contribution is 2.35. The zero-order valence-electron chi connectivity index (χ0n) is 20.3. The lowest BCUT2D eigenvalue weighted by atomic mass is 9.97. The van der Waals surface area contributed by atoms with Gasteiger partial charge in [0, 0.05) is 23.2 Å². The minimum atomic E-state index is -0.247. The van der Waals surface area contributed by atoms with E-state index in [1.807, 2.05) is 60.7 Å². The van der Waals surface area contributed by atoms with Crippen LogP contribution in [0.1, 0.15) is 34.9 Å². The molecule has 174 valence electrons. The van der Waals surface area contributed by atoms with Crippen LogP contribution in [0.3, 0.4) is 0 Å². The number of aromatic nitrogens is 1. The van der Waals surface area contributed by atoms with E-state index in [0.29, 0.717) is 17.8 Å². The van der Waals surface area contributed by atoms with Gasteiger partial charge in [0.15, 0.2) is 0 Å². The Morgan fingerprint density at radius 2 is 1.75 bits per heavy atom. The molecule has 0 aliphatic carbocycles. The van der Waals surface area contributed by atoms with Crippen molar-refractivity contribution in [2.45, 2.75) is 26.4 Å². The third-order valence-electron chi connectivity index (χ3n) is 6.69. The molecule has 5 rings (SSSR count). The van der Waals surface area contributed by atoms with Crippen molar-refractivity contribution in [1.29, 1.82) is 5.26 Å². The minimum absolute atomic E-state index is 0.111. The predicted molar refractivity (Wildman–Crippen MR) is 144 cm³/mol. The van der Waals surface area contributed by atoms with Crippen LogP contribution in [-0.2, 0) is 4.74 Å². The van der Waals surface area contributed by atoms with Crippen molar-refractivity contribution in [3.8, 4) is 11.8 Å². The molecule has 0 fully saturated rings. The number of ether oxygens (including phenoxy) is 1. The first kappa shape index (κ1) is 23.0. The molecule has 4 nitrogen and oxygen atoms in total. The lowest BCUT2D eigenvalue weighted by Gasteiger charge is -2.25. The molecule has 0 spiro atoms. The van der Waals surface area contributed by atoms with Gasteiger partial charge in [-0.05, 0) is 72.5 Å². The maximum atomic E-state index is 9.45. The average Bonchev–Trinajstić information content (AvgIpc) is 3.18. The summed E-state index contributed by atoms with van der Waals surface area (Å²) >= 11 is 0. The van der Waals surface area contributed by atoms with Crippen molar-refractivity contribution >= 4 is 17.0 Å². The molecule has 1 atom stereocenters. The molecule has 2 heterocycles. The third kappa shape index (κ3) is 4.33. The van der Waals surface area contributed by atoms with E-state index in [-0.39, 0.29) is 11.8 Å². The predicted octanol–water partition coefficient (Wildman–Crippen LogP) is 8.00. The molecular formula is C32H25N3O. The van der Waals surface area contributed by atoms with Gasteiger partial charge >= 0.3 is 0 Å². The second kappa shape index (κ2) is 9.82. The summed E-state index contributed by atoms with van der Waals surface area (Å²) in [6.07, 6.45) is 6.00. The Morgan fingerprint density at radius 3 is 2.44 bits per heavy atom. The van der Waals surface area contributed by atoms with E-state index in [9.17, 15) is 5.26 Å². The standard InChI is InChI=1S/C32H25N3O/c1-22-23(2)35(27-12-8-5-9-13-27)31-17-15-24(18-29(22)31)14-16-28-19-26(30(21-33)34-3)20-32(36-28)25-10-6-4-7-11-25/h4-19,32H,20H2,1-2H3/b16-14+,30-26+. The highest BCUT2D eigenvalue weighted by Gasteiger charge is 2.22. The summed E-state index contributed by atoms with van der Waals surface area (Å²) in [6, 6.07) is 28.8. The van der Waals surface area contributed by atoms with Crippen molar-refractivity contribution in [3.05, 3.63) is 142 Å². The maximum absolute atomic E-state index is 9.45. The Balaban J connectivity index is 1.51. The number of hydrogen-bond acceptors (Lipinski definition) is 2. The van der Waals surface area contributed by atoms with Gasteiger partial charge in [0.25, 0.3) is 5.70 Å². The summed E-state index contributed by atoms with van der Waals surface area (Å²) in [5.41, 5.74) is 7.68. The van der Waals surface area contributed by atoms with Gasteiger partial charge in [0.1, 0.15) is 11.9 Å². The van der Waals surface area contributed by atoms with Gasteiger partial charge in [-0.25, -0.2) is 10.1 Å². The summed E-state index contributed by atoms with van der Waals surface area (Å²) < 4.78 is 8.57. The fourth-order valence-corrected chi connectivity index (χ4v) is 4.73. The third-order valence-corrected chi connectivity index (χ3v) is 6.69. The number of para-hydroxylation sites is 1. The van der Waals surface area contributed by atoms with Crippen LogP contribution in [0, 0.1) is 31.8 Å². The number of nitrogens with zero attached hydrogens (tertiary/aromatic N) is 3. The lowest BCUT2D eigenvalue weighted by molar-refractivity contribution is 0.118. The van der Waals surface area contributed by atoms with Crippen LogP contribution < -0.4 is 0 Å². The Kier molecular flexibility index (Phi) is 6.27. The molecule has 0 bridgehead atoms. The molecular weight excluding hydrogens is 442 g/mol. The molecule has 0 amide bonds. The average molecular weight is 468 g/mol. The van der Waals surface area contributed by atoms with E-state index in [4.69, 9.17) is 11.3 Å². The highest BCUT2D eigenvalue weighted by molar-refractivity contribution is 5.89. The summed E-state index contributed by atoms with van der Waals surface area (Å²) in [4.78, 5) is 3.43. The minimum Gasteiger partial charge on any atom is -0.485 e. The maximum Gasteiger partial charge on any atom is 0.265 e. The lowest BCUT2D eigenvalue weighted by Crippen LogP contribution is -2.10. The van der Waals surface area contributed by atoms with Crippen LogP contribution in [0.5, 0.6) is 0 Å². The largest absolute Gasteiger partial charge is 0.485 e. The van der Waals surface area contributed by atoms with Gasteiger partial charge in [-0.15, -0.1) is 0 Å². The molecule has 1 unspecified atom stereocenters. The smallest absolute Gasteiger partial charge is 0.265 e. The first-order chi connectivity index (χ1) is 17.6. The Hall–Kier alpha value is -4.80. The first-order valence-corrected chi connectivity index (χ1v) is 11.9. The van der Waals surface area contributed by atoms with E-state index in [1.165, 1.54) is 22.2 Å². The van der Waals surface area contributed by atoms with Crippen LogP contribution >= 0.6 is 0 Å². The highest BCUT2D eigenvalue weighted by atomic mass is 16.5. The van der Waals surface area contributed by atoms with E-state index < -0.39 is 0 Å². The van der Waals surface area contributed by atoms with Crippen LogP contribution in [0.2, 0.25) is 0 Å². The monoisotopic (exact) mass is 467 g/mol. The van der Waals surface area contributed by atoms with Crippen LogP contribution in [0.25, 0.3) is 27.5 Å². The van der Waals surface area contributed by atoms with Crippen LogP contribution in [-0.4, -0.2) is 4.57 Å². The number of rotatable bonds is 4. The first-order valence-electron chi connectivity index (χ1n) is 11.9. The second-order valence-electron chi connectivity index (χ2n) is 8.86. The van der Waals surface area contributed by atoms with Crippen molar-refractivity contribution in [1.82, 2.24) is 4.57 Å². The van der Waals surface area contributed by atoms with Gasteiger partial charge in [0.05, 0.1) is 18.2 Å². The number of hydrogen-bond donors (Lipinski definition) is 0. The fourth-order valence-electron chi connectivity index (χ4n) is 4.73. The number of aryl methyl sites for hydroxylation is 1. The van der Waals surface area contributed by atoms with Crippen molar-refractivity contribution in [2.75, 3.05) is 0 Å². The van der Waals surface area contributed by atoms with Gasteiger partial charge in [-0.2, -0.15) is 0 Å². The van der Waals surface area contributed by atoms with Crippen molar-refractivity contribution in [2.24, 2.45) is 0 Å². The van der Waals surface area contributed by atoms with E-state index in [0.717, 1.165) is 16.8 Å². The molecule has 0 saturated carbocycles. The Labute approximate surface area is 211 Å². The normalized spacial score (nSPS) is 16.8. The van der Waals surface area contributed by atoms with E-state index >= 15 is 0 Å². The summed E-state index contributed by atoms with van der Waals surface area (Å²) in [5.74, 6) is 0.636. The molecule has 1 aliphatic rings. The molecule has 3 aromatic carbocycles. The van der Waals surface area contributed by atoms with Crippen LogP contribution in [0.4, 0.5) is 0 Å². The molecule has 4 heteroatoms. The van der Waals surface area contributed by atoms with Crippen LogP contribution in [0.15, 0.2) is 108 Å². The summed E-state index contributed by atoms with van der Waals surface area (Å²) in [6.45, 7) is 11.7. The van der Waals surface area contributed by atoms with E-state index in [1.54, 1.807) is 0 Å². The van der Waals surface area contributed by atoms with Gasteiger partial charge in [0.2, 0.25) is 0 Å². The fraction of sp³-hybridized carbons (Fsp3) is 0.125. The zero-order chi connectivity index (χ0) is 25.1.